The fourth-order valence-electron chi connectivity index (χ4n) is 2.05. The van der Waals surface area contributed by atoms with Crippen molar-refractivity contribution in [3.63, 3.8) is 0 Å². The van der Waals surface area contributed by atoms with E-state index in [-0.39, 0.29) is 17.4 Å². The summed E-state index contributed by atoms with van der Waals surface area (Å²) in [5.74, 6) is -0.425. The Hall–Kier alpha value is -2.49. The predicted molar refractivity (Wildman–Crippen MR) is 82.4 cm³/mol. The van der Waals surface area contributed by atoms with E-state index in [4.69, 9.17) is 0 Å². The summed E-state index contributed by atoms with van der Waals surface area (Å²) in [6.45, 7) is 2.32. The molecule has 0 N–H and O–H groups in total. The van der Waals surface area contributed by atoms with Gasteiger partial charge in [0.1, 0.15) is 0 Å². The number of pyridine rings is 1. The number of rotatable bonds is 6. The number of hydrogen-bond acceptors (Lipinski definition) is 3. The summed E-state index contributed by atoms with van der Waals surface area (Å²) in [4.78, 5) is 16.7. The van der Waals surface area contributed by atoms with E-state index in [1.54, 1.807) is 24.4 Å². The Morgan fingerprint density at radius 1 is 1.24 bits per heavy atom. The molecule has 0 aliphatic heterocycles. The molecule has 0 spiro atoms. The van der Waals surface area contributed by atoms with Crippen LogP contribution in [0.4, 0.5) is 0 Å². The molecule has 0 amide bonds. The van der Waals surface area contributed by atoms with Gasteiger partial charge in [-0.25, -0.2) is 0 Å². The van der Waals surface area contributed by atoms with Crippen molar-refractivity contribution >= 4 is 12.0 Å². The zero-order valence-corrected chi connectivity index (χ0v) is 12.0. The maximum Gasteiger partial charge on any atom is 0.260 e. The number of aromatic nitrogens is 1. The summed E-state index contributed by atoms with van der Waals surface area (Å²) in [6, 6.07) is 14.6. The van der Waals surface area contributed by atoms with Gasteiger partial charge in [0.05, 0.1) is 0 Å². The van der Waals surface area contributed by atoms with Gasteiger partial charge in [-0.05, 0) is 18.1 Å². The van der Waals surface area contributed by atoms with Crippen molar-refractivity contribution < 1.29 is 9.52 Å². The monoisotopic (exact) mass is 282 g/mol. The van der Waals surface area contributed by atoms with E-state index in [2.05, 4.69) is 4.99 Å². The lowest BCUT2D eigenvalue weighted by Crippen LogP contribution is -2.36. The molecule has 0 fully saturated rings. The van der Waals surface area contributed by atoms with E-state index in [1.165, 1.54) is 6.20 Å². The van der Waals surface area contributed by atoms with E-state index in [0.717, 1.165) is 5.56 Å². The number of carbonyl (C=O) groups is 1. The average Bonchev–Trinajstić information content (AvgIpc) is 2.52. The van der Waals surface area contributed by atoms with Crippen molar-refractivity contribution in [2.45, 2.75) is 13.3 Å². The van der Waals surface area contributed by atoms with Gasteiger partial charge in [0, 0.05) is 30.8 Å². The summed E-state index contributed by atoms with van der Waals surface area (Å²) in [7, 11) is 0. The number of benzene rings is 1. The lowest BCUT2D eigenvalue weighted by atomic mass is 9.98. The summed E-state index contributed by atoms with van der Waals surface area (Å²) >= 11 is 0. The van der Waals surface area contributed by atoms with Crippen LogP contribution >= 0.6 is 0 Å². The summed E-state index contributed by atoms with van der Waals surface area (Å²) in [5.41, 5.74) is 1.18. The first kappa shape index (κ1) is 14.9. The number of carbonyl (C=O) groups excluding carboxylic acids is 1. The number of aliphatic imine (C=N–C) groups is 1. The average molecular weight is 282 g/mol. The second kappa shape index (κ2) is 7.33. The van der Waals surface area contributed by atoms with Gasteiger partial charge in [0.25, 0.3) is 5.69 Å². The van der Waals surface area contributed by atoms with Gasteiger partial charge >= 0.3 is 0 Å². The molecule has 1 heterocycles. The van der Waals surface area contributed by atoms with Crippen LogP contribution in [0.5, 0.6) is 0 Å². The van der Waals surface area contributed by atoms with Crippen LogP contribution in [0.3, 0.4) is 0 Å². The van der Waals surface area contributed by atoms with Crippen molar-refractivity contribution in [3.8, 4) is 0 Å². The van der Waals surface area contributed by atoms with Crippen molar-refractivity contribution in [2.24, 2.45) is 10.9 Å². The Balaban J connectivity index is 2.05. The zero-order valence-electron chi connectivity index (χ0n) is 12.0. The third-order valence-corrected chi connectivity index (χ3v) is 3.31. The highest BCUT2D eigenvalue weighted by Gasteiger charge is 2.23. The normalized spacial score (nSPS) is 12.4. The maximum atomic E-state index is 12.3. The molecule has 1 unspecified atom stereocenters. The molecule has 0 aliphatic rings. The third-order valence-electron chi connectivity index (χ3n) is 3.31. The minimum absolute atomic E-state index is 0.154. The largest absolute Gasteiger partial charge is 0.618 e. The second-order valence-electron chi connectivity index (χ2n) is 4.79. The molecule has 1 aromatic heterocycles. The highest BCUT2D eigenvalue weighted by Crippen LogP contribution is 2.10. The molecule has 4 nitrogen and oxygen atoms in total. The molecule has 0 radical (unpaired) electrons. The Labute approximate surface area is 124 Å². The summed E-state index contributed by atoms with van der Waals surface area (Å²) in [6.07, 6.45) is 3.75. The van der Waals surface area contributed by atoms with Crippen LogP contribution in [-0.4, -0.2) is 18.5 Å². The zero-order chi connectivity index (χ0) is 15.1. The van der Waals surface area contributed by atoms with Gasteiger partial charge in [-0.2, -0.15) is 4.73 Å². The van der Waals surface area contributed by atoms with E-state index >= 15 is 0 Å². The van der Waals surface area contributed by atoms with Crippen molar-refractivity contribution in [1.82, 2.24) is 0 Å². The molecule has 2 rings (SSSR count). The molecule has 0 saturated heterocycles. The number of nitrogens with zero attached hydrogens (tertiary/aromatic N) is 2. The first-order chi connectivity index (χ1) is 10.2. The van der Waals surface area contributed by atoms with Gasteiger partial charge in [0.15, 0.2) is 6.20 Å². The second-order valence-corrected chi connectivity index (χ2v) is 4.79. The standard InChI is InChI=1S/C17H18N2O2/c1-2-15(13-18-12-14-8-4-3-5-9-14)17(20)16-10-6-7-11-19(16)21/h3-12,15H,2,13H2,1H3. The van der Waals surface area contributed by atoms with Gasteiger partial charge < -0.3 is 5.21 Å². The number of Topliss-reactive ketones (excluding diaryl/α,β-unsaturated/α-hetero) is 1. The Kier molecular flexibility index (Phi) is 5.21. The smallest absolute Gasteiger partial charge is 0.260 e. The molecule has 1 atom stereocenters. The molecule has 2 aromatic rings. The van der Waals surface area contributed by atoms with Crippen LogP contribution < -0.4 is 4.73 Å². The quantitative estimate of drug-likeness (QED) is 0.354. The molecule has 108 valence electrons. The fraction of sp³-hybridized carbons (Fsp3) is 0.235. The van der Waals surface area contributed by atoms with Crippen molar-refractivity contribution in [3.05, 3.63) is 71.2 Å². The molecule has 1 aromatic carbocycles. The molecular weight excluding hydrogens is 264 g/mol. The van der Waals surface area contributed by atoms with Crippen LogP contribution in [0, 0.1) is 11.1 Å². The molecule has 0 aliphatic carbocycles. The Bertz CT molecular complexity index is 624. The van der Waals surface area contributed by atoms with Crippen molar-refractivity contribution in [2.75, 3.05) is 6.54 Å². The third kappa shape index (κ3) is 3.99. The van der Waals surface area contributed by atoms with Crippen LogP contribution in [0.15, 0.2) is 59.7 Å². The van der Waals surface area contributed by atoms with Gasteiger partial charge in [-0.1, -0.05) is 37.3 Å². The maximum absolute atomic E-state index is 12.3. The minimum atomic E-state index is -0.271. The van der Waals surface area contributed by atoms with E-state index in [9.17, 15) is 10.0 Å². The molecular formula is C17H18N2O2. The number of ketones is 1. The lowest BCUT2D eigenvalue weighted by Gasteiger charge is -2.10. The Morgan fingerprint density at radius 3 is 2.62 bits per heavy atom. The highest BCUT2D eigenvalue weighted by atomic mass is 16.5. The van der Waals surface area contributed by atoms with Crippen LogP contribution in [-0.2, 0) is 0 Å². The summed E-state index contributed by atoms with van der Waals surface area (Å²) in [5, 5.41) is 11.6. The van der Waals surface area contributed by atoms with Crippen LogP contribution in [0.25, 0.3) is 0 Å². The molecule has 4 heteroatoms. The predicted octanol–water partition coefficient (Wildman–Crippen LogP) is 2.65. The van der Waals surface area contributed by atoms with Gasteiger partial charge in [-0.3, -0.25) is 9.79 Å². The topological polar surface area (TPSA) is 56.4 Å². The highest BCUT2D eigenvalue weighted by molar-refractivity contribution is 5.95. The Morgan fingerprint density at radius 2 is 1.95 bits per heavy atom. The minimum Gasteiger partial charge on any atom is -0.618 e. The molecule has 0 bridgehead atoms. The van der Waals surface area contributed by atoms with E-state index in [0.29, 0.717) is 17.7 Å². The lowest BCUT2D eigenvalue weighted by molar-refractivity contribution is -0.607. The molecule has 0 saturated carbocycles. The van der Waals surface area contributed by atoms with Gasteiger partial charge in [-0.15, -0.1) is 0 Å². The summed E-state index contributed by atoms with van der Waals surface area (Å²) < 4.78 is 0.617. The first-order valence-electron chi connectivity index (χ1n) is 6.99. The number of hydrogen-bond donors (Lipinski definition) is 0. The van der Waals surface area contributed by atoms with Crippen LogP contribution in [0.1, 0.15) is 29.4 Å². The molecule has 21 heavy (non-hydrogen) atoms. The van der Waals surface area contributed by atoms with Crippen molar-refractivity contribution in [1.29, 1.82) is 0 Å². The van der Waals surface area contributed by atoms with E-state index in [1.807, 2.05) is 37.3 Å². The SMILES string of the molecule is CCC(CN=Cc1ccccc1)C(=O)c1cccc[n+]1[O-]. The van der Waals surface area contributed by atoms with E-state index < -0.39 is 0 Å². The fourth-order valence-corrected chi connectivity index (χ4v) is 2.05. The first-order valence-corrected chi connectivity index (χ1v) is 6.99. The van der Waals surface area contributed by atoms with Gasteiger partial charge in [0.2, 0.25) is 5.78 Å². The van der Waals surface area contributed by atoms with Crippen LogP contribution in [0.2, 0.25) is 0 Å².